The van der Waals surface area contributed by atoms with E-state index in [1.54, 1.807) is 24.7 Å². The fraction of sp³-hybridized carbons (Fsp3) is 0.273. The van der Waals surface area contributed by atoms with Crippen molar-refractivity contribution >= 4 is 33.6 Å². The van der Waals surface area contributed by atoms with E-state index in [1.807, 2.05) is 43.0 Å². The van der Waals surface area contributed by atoms with Gasteiger partial charge in [-0.1, -0.05) is 4.68 Å². The number of nitrogens with one attached hydrogen (secondary N) is 3. The van der Waals surface area contributed by atoms with E-state index < -0.39 is 0 Å². The zero-order valence-electron chi connectivity index (χ0n) is 18.7. The van der Waals surface area contributed by atoms with Crippen LogP contribution >= 0.6 is 0 Å². The van der Waals surface area contributed by atoms with Gasteiger partial charge in [-0.25, -0.2) is 19.9 Å². The Balaban J connectivity index is 1.61. The van der Waals surface area contributed by atoms with E-state index in [0.717, 1.165) is 22.4 Å². The lowest BCUT2D eigenvalue weighted by Crippen LogP contribution is -2.52. The molecule has 1 aliphatic heterocycles. The van der Waals surface area contributed by atoms with Crippen LogP contribution < -0.4 is 20.5 Å². The topological polar surface area (TPSA) is 124 Å². The summed E-state index contributed by atoms with van der Waals surface area (Å²) >= 11 is 0. The fourth-order valence-corrected chi connectivity index (χ4v) is 4.64. The third-order valence-electron chi connectivity index (χ3n) is 6.18. The maximum Gasteiger partial charge on any atom is 0.279 e. The van der Waals surface area contributed by atoms with Crippen LogP contribution in [0.5, 0.6) is 0 Å². The van der Waals surface area contributed by atoms with Gasteiger partial charge in [-0.3, -0.25) is 4.79 Å². The van der Waals surface area contributed by atoms with E-state index in [-0.39, 0.29) is 17.6 Å². The first-order valence-corrected chi connectivity index (χ1v) is 10.7. The summed E-state index contributed by atoms with van der Waals surface area (Å²) < 4.78 is 4.14. The maximum absolute atomic E-state index is 13.3. The summed E-state index contributed by atoms with van der Waals surface area (Å²) in [7, 11) is 5.82. The second-order valence-corrected chi connectivity index (χ2v) is 8.52. The van der Waals surface area contributed by atoms with Crippen LogP contribution in [0.4, 0.5) is 11.5 Å². The minimum absolute atomic E-state index is 0.00340. The molecule has 11 heteroatoms. The average Bonchev–Trinajstić information content (AvgIpc) is 3.36. The van der Waals surface area contributed by atoms with E-state index in [9.17, 15) is 4.79 Å². The molecule has 0 aromatic carbocycles. The number of H-pyrrole nitrogens is 2. The van der Waals surface area contributed by atoms with Crippen LogP contribution in [0.3, 0.4) is 0 Å². The van der Waals surface area contributed by atoms with Gasteiger partial charge in [-0.2, -0.15) is 4.68 Å². The van der Waals surface area contributed by atoms with Crippen molar-refractivity contribution < 1.29 is 4.68 Å². The highest BCUT2D eigenvalue weighted by Gasteiger charge is 2.42. The molecule has 0 bridgehead atoms. The molecule has 6 rings (SSSR count). The molecule has 1 aliphatic rings. The predicted octanol–water partition coefficient (Wildman–Crippen LogP) is 1.68. The van der Waals surface area contributed by atoms with E-state index in [2.05, 4.69) is 41.8 Å². The lowest BCUT2D eigenvalue weighted by Gasteiger charge is -2.26. The molecule has 5 aromatic heterocycles. The van der Waals surface area contributed by atoms with Gasteiger partial charge in [0.15, 0.2) is 11.9 Å². The van der Waals surface area contributed by atoms with E-state index >= 15 is 0 Å². The SMILES string of the molecule is CC1[C@@H](c2ncccn2)Nc2c(-c3nc4cnc(N(C)C)cc4[nH]3)c(=O)[nH]c3cn(C)[n+]1c23. The summed E-state index contributed by atoms with van der Waals surface area (Å²) in [4.78, 5) is 39.6. The van der Waals surface area contributed by atoms with Crippen LogP contribution in [0.15, 0.2) is 41.7 Å². The Hall–Kier alpha value is -4.28. The number of nitrogens with zero attached hydrogens (tertiary/aromatic N) is 7. The normalized spacial score (nSPS) is 17.5. The first-order valence-electron chi connectivity index (χ1n) is 10.7. The van der Waals surface area contributed by atoms with Crippen LogP contribution in [0.2, 0.25) is 0 Å². The molecule has 0 saturated carbocycles. The minimum Gasteiger partial charge on any atom is -0.363 e. The highest BCUT2D eigenvalue weighted by molar-refractivity contribution is 5.95. The Morgan fingerprint density at radius 3 is 2.67 bits per heavy atom. The molecule has 166 valence electrons. The largest absolute Gasteiger partial charge is 0.363 e. The summed E-state index contributed by atoms with van der Waals surface area (Å²) in [5, 5.41) is 3.56. The van der Waals surface area contributed by atoms with Crippen molar-refractivity contribution in [1.29, 1.82) is 0 Å². The fourth-order valence-electron chi connectivity index (χ4n) is 4.64. The third kappa shape index (κ3) is 2.81. The highest BCUT2D eigenvalue weighted by atomic mass is 16.1. The monoisotopic (exact) mass is 443 g/mol. The Bertz CT molecular complexity index is 1580. The van der Waals surface area contributed by atoms with Gasteiger partial charge < -0.3 is 20.2 Å². The quantitative estimate of drug-likeness (QED) is 0.362. The number of imidazole rings is 1. The van der Waals surface area contributed by atoms with E-state index in [0.29, 0.717) is 28.4 Å². The summed E-state index contributed by atoms with van der Waals surface area (Å²) in [6, 6.07) is 3.48. The predicted molar refractivity (Wildman–Crippen MR) is 124 cm³/mol. The number of aromatic amines is 2. The average molecular weight is 443 g/mol. The summed E-state index contributed by atoms with van der Waals surface area (Å²) in [5.41, 5.74) is 4.06. The molecule has 3 N–H and O–H groups in total. The molecule has 6 heterocycles. The number of aryl methyl sites for hydroxylation is 1. The number of aromatic nitrogens is 8. The van der Waals surface area contributed by atoms with Gasteiger partial charge >= 0.3 is 0 Å². The van der Waals surface area contributed by atoms with Gasteiger partial charge in [-0.15, -0.1) is 0 Å². The van der Waals surface area contributed by atoms with E-state index in [1.165, 1.54) is 0 Å². The molecule has 2 atom stereocenters. The highest BCUT2D eigenvalue weighted by Crippen LogP contribution is 2.38. The molecule has 0 radical (unpaired) electrons. The Labute approximate surface area is 188 Å². The second-order valence-electron chi connectivity index (χ2n) is 8.52. The van der Waals surface area contributed by atoms with Crippen molar-refractivity contribution in [1.82, 2.24) is 34.6 Å². The number of fused-ring (bicyclic) bond motifs is 1. The summed E-state index contributed by atoms with van der Waals surface area (Å²) in [5.74, 6) is 1.94. The molecule has 5 aromatic rings. The van der Waals surface area contributed by atoms with Crippen LogP contribution in [0, 0.1) is 0 Å². The molecule has 33 heavy (non-hydrogen) atoms. The van der Waals surface area contributed by atoms with Crippen LogP contribution in [0.25, 0.3) is 33.5 Å². The van der Waals surface area contributed by atoms with Gasteiger partial charge in [0.25, 0.3) is 11.1 Å². The number of pyridine rings is 2. The van der Waals surface area contributed by atoms with Gasteiger partial charge in [0.1, 0.15) is 33.9 Å². The van der Waals surface area contributed by atoms with Gasteiger partial charge in [0.2, 0.25) is 6.04 Å². The van der Waals surface area contributed by atoms with Crippen LogP contribution in [0.1, 0.15) is 24.8 Å². The maximum atomic E-state index is 13.3. The van der Waals surface area contributed by atoms with Gasteiger partial charge in [0, 0.05) is 39.5 Å². The Kier molecular flexibility index (Phi) is 4.03. The lowest BCUT2D eigenvalue weighted by molar-refractivity contribution is -0.774. The molecular formula is C22H23N10O+. The number of hydrogen-bond donors (Lipinski definition) is 3. The zero-order chi connectivity index (χ0) is 22.9. The lowest BCUT2D eigenvalue weighted by atomic mass is 10.0. The van der Waals surface area contributed by atoms with Crippen molar-refractivity contribution in [3.8, 4) is 11.4 Å². The zero-order valence-corrected chi connectivity index (χ0v) is 18.7. The van der Waals surface area contributed by atoms with Crippen molar-refractivity contribution in [2.24, 2.45) is 7.05 Å². The molecule has 0 fully saturated rings. The van der Waals surface area contributed by atoms with Crippen molar-refractivity contribution in [2.45, 2.75) is 19.0 Å². The second kappa shape index (κ2) is 6.86. The molecule has 0 spiro atoms. The Morgan fingerprint density at radius 1 is 1.12 bits per heavy atom. The van der Waals surface area contributed by atoms with Crippen molar-refractivity contribution in [2.75, 3.05) is 24.3 Å². The number of hydrogen-bond acceptors (Lipinski definition) is 7. The molecule has 0 amide bonds. The third-order valence-corrected chi connectivity index (χ3v) is 6.18. The van der Waals surface area contributed by atoms with Gasteiger partial charge in [0.05, 0.1) is 25.0 Å². The summed E-state index contributed by atoms with van der Waals surface area (Å²) in [6.07, 6.45) is 7.08. The van der Waals surface area contributed by atoms with Gasteiger partial charge in [-0.05, 0) is 6.07 Å². The summed E-state index contributed by atoms with van der Waals surface area (Å²) in [6.45, 7) is 2.11. The van der Waals surface area contributed by atoms with Crippen LogP contribution in [-0.2, 0) is 7.05 Å². The molecule has 1 unspecified atom stereocenters. The molecule has 0 aliphatic carbocycles. The number of rotatable bonds is 3. The van der Waals surface area contributed by atoms with Crippen LogP contribution in [-0.4, -0.2) is 48.7 Å². The van der Waals surface area contributed by atoms with E-state index in [4.69, 9.17) is 4.98 Å². The molecular weight excluding hydrogens is 420 g/mol. The first kappa shape index (κ1) is 19.4. The molecule has 11 nitrogen and oxygen atoms in total. The standard InChI is InChI=1S/C22H22N10O/c1-11-17(21-23-6-5-7-24-21)29-18-16(22(33)28-14-10-31(4)32(11)19(14)18)20-26-12-8-15(30(2)3)25-9-13(12)27-20/h5-11,17,29H,1-4H3,(H,28,33)/p+1/t11?,17-/m0/s1. The Morgan fingerprint density at radius 2 is 1.91 bits per heavy atom. The van der Waals surface area contributed by atoms with Crippen molar-refractivity contribution in [3.63, 3.8) is 0 Å². The smallest absolute Gasteiger partial charge is 0.279 e. The first-order chi connectivity index (χ1) is 15.9. The molecule has 0 saturated heterocycles. The number of anilines is 2. The minimum atomic E-state index is -0.232. The van der Waals surface area contributed by atoms with Crippen molar-refractivity contribution in [3.05, 3.63) is 53.1 Å².